The third-order valence-corrected chi connectivity index (χ3v) is 6.79. The number of urea groups is 1. The molecule has 0 atom stereocenters. The molecule has 0 spiro atoms. The van der Waals surface area contributed by atoms with Crippen molar-refractivity contribution in [2.45, 2.75) is 13.1 Å². The topological polar surface area (TPSA) is 105 Å². The van der Waals surface area contributed by atoms with Gasteiger partial charge in [0.25, 0.3) is 5.91 Å². The van der Waals surface area contributed by atoms with Crippen LogP contribution in [0.25, 0.3) is 11.3 Å². The van der Waals surface area contributed by atoms with E-state index in [4.69, 9.17) is 0 Å². The molecule has 0 unspecified atom stereocenters. The number of rotatable bonds is 8. The molecular weight excluding hydrogens is 490 g/mol. The monoisotopic (exact) mass is 523 g/mol. The molecule has 1 saturated heterocycles. The van der Waals surface area contributed by atoms with Gasteiger partial charge in [-0.3, -0.25) is 14.8 Å². The van der Waals surface area contributed by atoms with Crippen LogP contribution in [0.2, 0.25) is 0 Å². The number of aromatic nitrogens is 2. The van der Waals surface area contributed by atoms with Crippen molar-refractivity contribution in [1.29, 1.82) is 0 Å². The summed E-state index contributed by atoms with van der Waals surface area (Å²) in [6.45, 7) is 5.59. The first kappa shape index (κ1) is 26.1. The second kappa shape index (κ2) is 12.4. The van der Waals surface area contributed by atoms with Crippen LogP contribution in [0.15, 0.2) is 84.9 Å². The molecule has 0 saturated carbocycles. The second-order valence-corrected chi connectivity index (χ2v) is 9.77. The van der Waals surface area contributed by atoms with Crippen LogP contribution >= 0.6 is 0 Å². The number of amides is 3. The Kier molecular flexibility index (Phi) is 8.30. The Labute approximate surface area is 228 Å². The minimum atomic E-state index is -0.260. The number of piperazine rings is 1. The molecule has 2 heterocycles. The summed E-state index contributed by atoms with van der Waals surface area (Å²) in [5.74, 6) is 0.259. The molecule has 200 valence electrons. The first-order chi connectivity index (χ1) is 19.0. The molecule has 1 aliphatic rings. The van der Waals surface area contributed by atoms with Crippen LogP contribution in [0.3, 0.4) is 0 Å². The number of benzene rings is 3. The fourth-order valence-electron chi connectivity index (χ4n) is 4.43. The zero-order chi connectivity index (χ0) is 27.0. The van der Waals surface area contributed by atoms with Gasteiger partial charge < -0.3 is 20.9 Å². The summed E-state index contributed by atoms with van der Waals surface area (Å²) in [5.41, 5.74) is 5.21. The van der Waals surface area contributed by atoms with Gasteiger partial charge in [-0.2, -0.15) is 5.10 Å². The van der Waals surface area contributed by atoms with E-state index in [9.17, 15) is 9.59 Å². The van der Waals surface area contributed by atoms with Crippen LogP contribution in [0.4, 0.5) is 16.3 Å². The Morgan fingerprint density at radius 1 is 0.846 bits per heavy atom. The summed E-state index contributed by atoms with van der Waals surface area (Å²) in [6, 6.07) is 26.4. The summed E-state index contributed by atoms with van der Waals surface area (Å²) < 4.78 is 0. The van der Waals surface area contributed by atoms with E-state index in [-0.39, 0.29) is 11.9 Å². The summed E-state index contributed by atoms with van der Waals surface area (Å²) in [5, 5.41) is 15.7. The number of aromatic amines is 1. The number of nitrogens with one attached hydrogen (secondary N) is 4. The number of carbonyl (C=O) groups is 2. The van der Waals surface area contributed by atoms with E-state index in [1.807, 2.05) is 78.9 Å². The lowest BCUT2D eigenvalue weighted by Gasteiger charge is -2.32. The largest absolute Gasteiger partial charge is 0.334 e. The van der Waals surface area contributed by atoms with Crippen molar-refractivity contribution in [1.82, 2.24) is 25.3 Å². The minimum absolute atomic E-state index is 0.200. The lowest BCUT2D eigenvalue weighted by molar-refractivity contribution is 0.102. The first-order valence-corrected chi connectivity index (χ1v) is 13.1. The number of para-hydroxylation sites is 1. The summed E-state index contributed by atoms with van der Waals surface area (Å²) >= 11 is 0. The van der Waals surface area contributed by atoms with Gasteiger partial charge in [-0.25, -0.2) is 4.79 Å². The zero-order valence-electron chi connectivity index (χ0n) is 22.0. The molecule has 3 aromatic carbocycles. The number of hydrogen-bond donors (Lipinski definition) is 4. The van der Waals surface area contributed by atoms with Gasteiger partial charge in [0, 0.05) is 56.6 Å². The van der Waals surface area contributed by atoms with Crippen molar-refractivity contribution in [2.24, 2.45) is 0 Å². The van der Waals surface area contributed by atoms with Crippen LogP contribution < -0.4 is 16.0 Å². The molecule has 1 aliphatic heterocycles. The highest BCUT2D eigenvalue weighted by molar-refractivity contribution is 6.04. The van der Waals surface area contributed by atoms with E-state index in [1.165, 1.54) is 5.56 Å². The van der Waals surface area contributed by atoms with Gasteiger partial charge in [-0.1, -0.05) is 54.6 Å². The quantitative estimate of drug-likeness (QED) is 0.274. The van der Waals surface area contributed by atoms with Crippen molar-refractivity contribution in [3.05, 3.63) is 102 Å². The molecule has 1 fully saturated rings. The Hall–Kier alpha value is -4.47. The van der Waals surface area contributed by atoms with Crippen molar-refractivity contribution in [3.8, 4) is 11.3 Å². The van der Waals surface area contributed by atoms with E-state index in [1.54, 1.807) is 6.07 Å². The lowest BCUT2D eigenvalue weighted by Crippen LogP contribution is -2.43. The molecule has 0 bridgehead atoms. The smallest absolute Gasteiger partial charge is 0.319 e. The predicted octanol–water partition coefficient (Wildman–Crippen LogP) is 4.40. The summed E-state index contributed by atoms with van der Waals surface area (Å²) in [7, 11) is 2.15. The number of H-pyrrole nitrogens is 1. The number of likely N-dealkylation sites (N-methyl/N-ethyl adjacent to an activating group) is 1. The van der Waals surface area contributed by atoms with Crippen LogP contribution in [0.1, 0.15) is 21.5 Å². The van der Waals surface area contributed by atoms with Crippen LogP contribution in [-0.4, -0.2) is 65.2 Å². The van der Waals surface area contributed by atoms with Gasteiger partial charge in [-0.15, -0.1) is 0 Å². The molecule has 4 aromatic rings. The van der Waals surface area contributed by atoms with Gasteiger partial charge in [-0.05, 0) is 48.0 Å². The molecule has 39 heavy (non-hydrogen) atoms. The number of nitrogens with zero attached hydrogens (tertiary/aromatic N) is 3. The van der Waals surface area contributed by atoms with Crippen LogP contribution in [0.5, 0.6) is 0 Å². The molecular formula is C30H33N7O2. The van der Waals surface area contributed by atoms with E-state index < -0.39 is 0 Å². The molecule has 0 aliphatic carbocycles. The highest BCUT2D eigenvalue weighted by atomic mass is 16.2. The third kappa shape index (κ3) is 7.31. The average Bonchev–Trinajstić information content (AvgIpc) is 3.43. The zero-order valence-corrected chi connectivity index (χ0v) is 22.0. The number of hydrogen-bond acceptors (Lipinski definition) is 5. The van der Waals surface area contributed by atoms with Gasteiger partial charge >= 0.3 is 6.03 Å². The van der Waals surface area contributed by atoms with Gasteiger partial charge in [0.05, 0.1) is 5.69 Å². The molecule has 5 rings (SSSR count). The maximum absolute atomic E-state index is 12.8. The highest BCUT2D eigenvalue weighted by Crippen LogP contribution is 2.21. The molecule has 0 radical (unpaired) electrons. The average molecular weight is 524 g/mol. The maximum Gasteiger partial charge on any atom is 0.319 e. The Morgan fingerprint density at radius 3 is 2.26 bits per heavy atom. The van der Waals surface area contributed by atoms with Crippen LogP contribution in [-0.2, 0) is 13.1 Å². The van der Waals surface area contributed by atoms with Crippen molar-refractivity contribution in [3.63, 3.8) is 0 Å². The highest BCUT2D eigenvalue weighted by Gasteiger charge is 2.15. The van der Waals surface area contributed by atoms with Gasteiger partial charge in [0.15, 0.2) is 5.82 Å². The van der Waals surface area contributed by atoms with Gasteiger partial charge in [0.1, 0.15) is 0 Å². The maximum atomic E-state index is 12.8. The van der Waals surface area contributed by atoms with Crippen molar-refractivity contribution in [2.75, 3.05) is 43.9 Å². The fourth-order valence-corrected chi connectivity index (χ4v) is 4.43. The van der Waals surface area contributed by atoms with Crippen molar-refractivity contribution >= 4 is 23.4 Å². The van der Waals surface area contributed by atoms with E-state index in [2.05, 4.69) is 43.0 Å². The molecule has 3 amide bonds. The van der Waals surface area contributed by atoms with E-state index in [0.29, 0.717) is 17.9 Å². The SMILES string of the molecule is CN1CCN(Cc2ccc(C(=O)Nc3cc(-c4ccc(CNC(=O)Nc5ccccc5)cc4)[nH]n3)cc2)CC1. The Bertz CT molecular complexity index is 1380. The van der Waals surface area contributed by atoms with Crippen LogP contribution in [0, 0.1) is 0 Å². The third-order valence-electron chi connectivity index (χ3n) is 6.79. The molecule has 9 nitrogen and oxygen atoms in total. The normalized spacial score (nSPS) is 14.1. The molecule has 9 heteroatoms. The molecule has 1 aromatic heterocycles. The lowest BCUT2D eigenvalue weighted by atomic mass is 10.1. The standard InChI is InChI=1S/C30H33N7O2/c1-36-15-17-37(18-16-36)21-23-9-13-25(14-10-23)29(38)33-28-19-27(34-35-28)24-11-7-22(8-12-24)20-31-30(39)32-26-5-3-2-4-6-26/h2-14,19H,15-18,20-21H2,1H3,(H2,31,32,39)(H2,33,34,35,38). The summed E-state index contributed by atoms with van der Waals surface area (Å²) in [6.07, 6.45) is 0. The second-order valence-electron chi connectivity index (χ2n) is 9.77. The fraction of sp³-hybridized carbons (Fsp3) is 0.233. The molecule has 4 N–H and O–H groups in total. The Morgan fingerprint density at radius 2 is 1.54 bits per heavy atom. The van der Waals surface area contributed by atoms with E-state index >= 15 is 0 Å². The first-order valence-electron chi connectivity index (χ1n) is 13.1. The number of anilines is 2. The number of carbonyl (C=O) groups excluding carboxylic acids is 2. The predicted molar refractivity (Wildman–Crippen MR) is 153 cm³/mol. The van der Waals surface area contributed by atoms with Crippen molar-refractivity contribution < 1.29 is 9.59 Å². The van der Waals surface area contributed by atoms with Gasteiger partial charge in [0.2, 0.25) is 0 Å². The Balaban J connectivity index is 1.11. The minimum Gasteiger partial charge on any atom is -0.334 e. The summed E-state index contributed by atoms with van der Waals surface area (Å²) in [4.78, 5) is 29.6. The van der Waals surface area contributed by atoms with E-state index in [0.717, 1.165) is 55.2 Å².